The van der Waals surface area contributed by atoms with Crippen molar-refractivity contribution in [3.8, 4) is 17.2 Å². The summed E-state index contributed by atoms with van der Waals surface area (Å²) in [5.74, 6) is 1.69. The molecule has 3 rings (SSSR count). The maximum atomic E-state index is 12.0. The lowest BCUT2D eigenvalue weighted by Crippen LogP contribution is -2.19. The SMILES string of the molecule is CNC(=O)c1cc(Oc2ccccc2)cc(O[C@H]2CCOC2)c1. The minimum Gasteiger partial charge on any atom is -0.488 e. The van der Waals surface area contributed by atoms with Gasteiger partial charge in [0.05, 0.1) is 13.2 Å². The highest BCUT2D eigenvalue weighted by Gasteiger charge is 2.18. The first kappa shape index (κ1) is 15.4. The van der Waals surface area contributed by atoms with Gasteiger partial charge in [-0.3, -0.25) is 4.79 Å². The maximum absolute atomic E-state index is 12.0. The van der Waals surface area contributed by atoms with Crippen LogP contribution in [0.5, 0.6) is 17.2 Å². The van der Waals surface area contributed by atoms with Gasteiger partial charge in [-0.25, -0.2) is 0 Å². The summed E-state index contributed by atoms with van der Waals surface area (Å²) >= 11 is 0. The molecule has 120 valence electrons. The molecule has 0 bridgehead atoms. The molecule has 0 unspecified atom stereocenters. The van der Waals surface area contributed by atoms with Crippen LogP contribution in [0, 0.1) is 0 Å². The van der Waals surface area contributed by atoms with Crippen molar-refractivity contribution in [2.24, 2.45) is 0 Å². The first-order valence-corrected chi connectivity index (χ1v) is 7.59. The third-order valence-corrected chi connectivity index (χ3v) is 3.54. The van der Waals surface area contributed by atoms with E-state index in [2.05, 4.69) is 5.32 Å². The molecule has 1 aliphatic rings. The van der Waals surface area contributed by atoms with Gasteiger partial charge in [0.25, 0.3) is 5.91 Å². The summed E-state index contributed by atoms with van der Waals surface area (Å²) in [5.41, 5.74) is 0.495. The molecule has 1 atom stereocenters. The average Bonchev–Trinajstić information content (AvgIpc) is 3.07. The van der Waals surface area contributed by atoms with Crippen LogP contribution >= 0.6 is 0 Å². The van der Waals surface area contributed by atoms with Gasteiger partial charge in [-0.2, -0.15) is 0 Å². The third kappa shape index (κ3) is 4.02. The van der Waals surface area contributed by atoms with Crippen molar-refractivity contribution in [2.75, 3.05) is 20.3 Å². The molecule has 2 aromatic rings. The van der Waals surface area contributed by atoms with Crippen molar-refractivity contribution >= 4 is 5.91 Å². The van der Waals surface area contributed by atoms with E-state index >= 15 is 0 Å². The number of carbonyl (C=O) groups excluding carboxylic acids is 1. The minimum absolute atomic E-state index is 0.0134. The Morgan fingerprint density at radius 2 is 1.91 bits per heavy atom. The summed E-state index contributed by atoms with van der Waals surface area (Å²) in [6.07, 6.45) is 0.860. The molecule has 23 heavy (non-hydrogen) atoms. The lowest BCUT2D eigenvalue weighted by Gasteiger charge is -2.15. The van der Waals surface area contributed by atoms with Gasteiger partial charge in [-0.15, -0.1) is 0 Å². The predicted octanol–water partition coefficient (Wildman–Crippen LogP) is 3.01. The molecule has 5 nitrogen and oxygen atoms in total. The molecule has 5 heteroatoms. The first-order valence-electron chi connectivity index (χ1n) is 7.59. The standard InChI is InChI=1S/C18H19NO4/c1-19-18(20)13-9-16(22-14-5-3-2-4-6-14)11-17(10-13)23-15-7-8-21-12-15/h2-6,9-11,15H,7-8,12H2,1H3,(H,19,20)/t15-/m0/s1. The predicted molar refractivity (Wildman–Crippen MR) is 86.2 cm³/mol. The fourth-order valence-corrected chi connectivity index (χ4v) is 2.40. The molecule has 1 aliphatic heterocycles. The van der Waals surface area contributed by atoms with Gasteiger partial charge in [-0.1, -0.05) is 18.2 Å². The largest absolute Gasteiger partial charge is 0.488 e. The smallest absolute Gasteiger partial charge is 0.251 e. The first-order chi connectivity index (χ1) is 11.2. The van der Waals surface area contributed by atoms with Crippen LogP contribution < -0.4 is 14.8 Å². The Hall–Kier alpha value is -2.53. The van der Waals surface area contributed by atoms with Crippen molar-refractivity contribution in [2.45, 2.75) is 12.5 Å². The van der Waals surface area contributed by atoms with E-state index in [1.807, 2.05) is 30.3 Å². The average molecular weight is 313 g/mol. The molecule has 0 aromatic heterocycles. The summed E-state index contributed by atoms with van der Waals surface area (Å²) in [6, 6.07) is 14.6. The van der Waals surface area contributed by atoms with Gasteiger partial charge < -0.3 is 19.5 Å². The Morgan fingerprint density at radius 1 is 1.13 bits per heavy atom. The number of para-hydroxylation sites is 1. The van der Waals surface area contributed by atoms with Crippen LogP contribution in [-0.4, -0.2) is 32.3 Å². The highest BCUT2D eigenvalue weighted by Crippen LogP contribution is 2.28. The fraction of sp³-hybridized carbons (Fsp3) is 0.278. The molecule has 1 fully saturated rings. The van der Waals surface area contributed by atoms with Gasteiger partial charge in [0.1, 0.15) is 23.4 Å². The number of hydrogen-bond donors (Lipinski definition) is 1. The highest BCUT2D eigenvalue weighted by molar-refractivity contribution is 5.94. The molecule has 0 saturated carbocycles. The Balaban J connectivity index is 1.85. The summed E-state index contributed by atoms with van der Waals surface area (Å²) in [4.78, 5) is 12.0. The zero-order valence-electron chi connectivity index (χ0n) is 13.0. The van der Waals surface area contributed by atoms with E-state index in [4.69, 9.17) is 14.2 Å². The van der Waals surface area contributed by atoms with Crippen molar-refractivity contribution in [3.05, 3.63) is 54.1 Å². The number of hydrogen-bond acceptors (Lipinski definition) is 4. The third-order valence-electron chi connectivity index (χ3n) is 3.54. The number of carbonyl (C=O) groups is 1. The Kier molecular flexibility index (Phi) is 4.78. The van der Waals surface area contributed by atoms with Crippen LogP contribution in [0.3, 0.4) is 0 Å². The van der Waals surface area contributed by atoms with Crippen LogP contribution in [-0.2, 0) is 4.74 Å². The second kappa shape index (κ2) is 7.15. The van der Waals surface area contributed by atoms with E-state index in [0.29, 0.717) is 36.0 Å². The van der Waals surface area contributed by atoms with Crippen molar-refractivity contribution in [1.82, 2.24) is 5.32 Å². The van der Waals surface area contributed by atoms with E-state index in [0.717, 1.165) is 6.42 Å². The Bertz CT molecular complexity index is 666. The number of ether oxygens (including phenoxy) is 3. The van der Waals surface area contributed by atoms with Crippen molar-refractivity contribution in [1.29, 1.82) is 0 Å². The van der Waals surface area contributed by atoms with Crippen molar-refractivity contribution < 1.29 is 19.0 Å². The maximum Gasteiger partial charge on any atom is 0.251 e. The summed E-state index contributed by atoms with van der Waals surface area (Å²) in [6.45, 7) is 1.27. The number of rotatable bonds is 5. The van der Waals surface area contributed by atoms with Gasteiger partial charge in [-0.05, 0) is 24.3 Å². The molecule has 0 spiro atoms. The number of nitrogens with one attached hydrogen (secondary N) is 1. The van der Waals surface area contributed by atoms with Crippen LogP contribution in [0.1, 0.15) is 16.8 Å². The fourth-order valence-electron chi connectivity index (χ4n) is 2.40. The Morgan fingerprint density at radius 3 is 2.61 bits per heavy atom. The van der Waals surface area contributed by atoms with Crippen LogP contribution in [0.15, 0.2) is 48.5 Å². The molecule has 0 aliphatic carbocycles. The molecule has 0 radical (unpaired) electrons. The lowest BCUT2D eigenvalue weighted by atomic mass is 10.2. The summed E-state index contributed by atoms with van der Waals surface area (Å²) in [5, 5.41) is 2.62. The topological polar surface area (TPSA) is 56.8 Å². The van der Waals surface area contributed by atoms with E-state index in [1.54, 1.807) is 25.2 Å². The molecule has 1 saturated heterocycles. The number of amides is 1. The molecule has 1 N–H and O–H groups in total. The second-order valence-corrected chi connectivity index (χ2v) is 5.29. The van der Waals surface area contributed by atoms with Crippen LogP contribution in [0.25, 0.3) is 0 Å². The zero-order chi connectivity index (χ0) is 16.1. The monoisotopic (exact) mass is 313 g/mol. The van der Waals surface area contributed by atoms with E-state index in [-0.39, 0.29) is 12.0 Å². The van der Waals surface area contributed by atoms with Crippen molar-refractivity contribution in [3.63, 3.8) is 0 Å². The molecular formula is C18H19NO4. The Labute approximate surface area is 135 Å². The number of benzene rings is 2. The second-order valence-electron chi connectivity index (χ2n) is 5.29. The highest BCUT2D eigenvalue weighted by atomic mass is 16.5. The molecule has 1 heterocycles. The van der Waals surface area contributed by atoms with Crippen LogP contribution in [0.4, 0.5) is 0 Å². The van der Waals surface area contributed by atoms with E-state index < -0.39 is 0 Å². The summed E-state index contributed by atoms with van der Waals surface area (Å²) < 4.78 is 17.1. The molecule has 2 aromatic carbocycles. The van der Waals surface area contributed by atoms with Crippen LogP contribution in [0.2, 0.25) is 0 Å². The van der Waals surface area contributed by atoms with E-state index in [1.165, 1.54) is 0 Å². The normalized spacial score (nSPS) is 16.8. The zero-order valence-corrected chi connectivity index (χ0v) is 13.0. The molecular weight excluding hydrogens is 294 g/mol. The lowest BCUT2D eigenvalue weighted by molar-refractivity contribution is 0.0961. The quantitative estimate of drug-likeness (QED) is 0.922. The summed E-state index contributed by atoms with van der Waals surface area (Å²) in [7, 11) is 1.60. The van der Waals surface area contributed by atoms with Gasteiger partial charge >= 0.3 is 0 Å². The van der Waals surface area contributed by atoms with Gasteiger partial charge in [0.2, 0.25) is 0 Å². The van der Waals surface area contributed by atoms with E-state index in [9.17, 15) is 4.79 Å². The minimum atomic E-state index is -0.184. The van der Waals surface area contributed by atoms with Gasteiger partial charge in [0.15, 0.2) is 0 Å². The molecule has 1 amide bonds. The van der Waals surface area contributed by atoms with Gasteiger partial charge in [0, 0.05) is 25.1 Å².